The fourth-order valence-electron chi connectivity index (χ4n) is 1.57. The van der Waals surface area contributed by atoms with E-state index < -0.39 is 0 Å². The standard InChI is InChI=1S/C13H15NO2/c1-3-12(13(15)16-4-2)11-7-5-10(9-14)6-8-11/h5-8,12H,3-4H2,1-2H3. The Morgan fingerprint density at radius 1 is 1.38 bits per heavy atom. The minimum atomic E-state index is -0.229. The minimum absolute atomic E-state index is 0.199. The Morgan fingerprint density at radius 2 is 2.00 bits per heavy atom. The van der Waals surface area contributed by atoms with Gasteiger partial charge in [0.15, 0.2) is 0 Å². The maximum Gasteiger partial charge on any atom is 0.313 e. The summed E-state index contributed by atoms with van der Waals surface area (Å²) in [5.74, 6) is -0.428. The van der Waals surface area contributed by atoms with Gasteiger partial charge >= 0.3 is 5.97 Å². The van der Waals surface area contributed by atoms with E-state index in [1.807, 2.05) is 25.1 Å². The van der Waals surface area contributed by atoms with E-state index in [1.165, 1.54) is 0 Å². The Hall–Kier alpha value is -1.82. The van der Waals surface area contributed by atoms with Gasteiger partial charge in [-0.25, -0.2) is 0 Å². The van der Waals surface area contributed by atoms with Crippen LogP contribution < -0.4 is 0 Å². The zero-order valence-corrected chi connectivity index (χ0v) is 9.56. The molecule has 1 rings (SSSR count). The van der Waals surface area contributed by atoms with Crippen LogP contribution in [-0.4, -0.2) is 12.6 Å². The van der Waals surface area contributed by atoms with Crippen LogP contribution in [0, 0.1) is 11.3 Å². The van der Waals surface area contributed by atoms with E-state index in [2.05, 4.69) is 0 Å². The van der Waals surface area contributed by atoms with Crippen molar-refractivity contribution in [3.05, 3.63) is 35.4 Å². The van der Waals surface area contributed by atoms with Gasteiger partial charge in [-0.3, -0.25) is 4.79 Å². The fourth-order valence-corrected chi connectivity index (χ4v) is 1.57. The predicted molar refractivity (Wildman–Crippen MR) is 60.8 cm³/mol. The van der Waals surface area contributed by atoms with Crippen LogP contribution in [0.5, 0.6) is 0 Å². The molecule has 0 radical (unpaired) electrons. The van der Waals surface area contributed by atoms with Crippen LogP contribution in [0.1, 0.15) is 37.3 Å². The van der Waals surface area contributed by atoms with Crippen molar-refractivity contribution in [1.82, 2.24) is 0 Å². The molecule has 1 unspecified atom stereocenters. The summed E-state index contributed by atoms with van der Waals surface area (Å²) >= 11 is 0. The first-order valence-electron chi connectivity index (χ1n) is 5.39. The summed E-state index contributed by atoms with van der Waals surface area (Å²) in [4.78, 5) is 11.6. The van der Waals surface area contributed by atoms with Crippen molar-refractivity contribution in [2.45, 2.75) is 26.2 Å². The van der Waals surface area contributed by atoms with Crippen LogP contribution >= 0.6 is 0 Å². The molecule has 0 aliphatic heterocycles. The van der Waals surface area contributed by atoms with Crippen LogP contribution in [0.15, 0.2) is 24.3 Å². The van der Waals surface area contributed by atoms with E-state index in [1.54, 1.807) is 19.1 Å². The van der Waals surface area contributed by atoms with E-state index in [-0.39, 0.29) is 11.9 Å². The summed E-state index contributed by atoms with van der Waals surface area (Å²) < 4.78 is 5.00. The lowest BCUT2D eigenvalue weighted by Crippen LogP contribution is -2.15. The third kappa shape index (κ3) is 2.83. The van der Waals surface area contributed by atoms with Gasteiger partial charge in [-0.05, 0) is 31.0 Å². The monoisotopic (exact) mass is 217 g/mol. The molecule has 1 atom stereocenters. The first kappa shape index (κ1) is 12.3. The van der Waals surface area contributed by atoms with E-state index >= 15 is 0 Å². The van der Waals surface area contributed by atoms with E-state index in [0.717, 1.165) is 5.56 Å². The first-order valence-corrected chi connectivity index (χ1v) is 5.39. The maximum atomic E-state index is 11.6. The largest absolute Gasteiger partial charge is 0.466 e. The second kappa shape index (κ2) is 5.92. The number of ether oxygens (including phenoxy) is 1. The lowest BCUT2D eigenvalue weighted by atomic mass is 9.96. The molecule has 0 bridgehead atoms. The molecule has 0 aliphatic carbocycles. The summed E-state index contributed by atoms with van der Waals surface area (Å²) in [6.07, 6.45) is 0.699. The number of carbonyl (C=O) groups is 1. The van der Waals surface area contributed by atoms with Crippen molar-refractivity contribution in [3.8, 4) is 6.07 Å². The molecule has 0 N–H and O–H groups in total. The fraction of sp³-hybridized carbons (Fsp3) is 0.385. The van der Waals surface area contributed by atoms with E-state index in [0.29, 0.717) is 18.6 Å². The lowest BCUT2D eigenvalue weighted by Gasteiger charge is -2.13. The quantitative estimate of drug-likeness (QED) is 0.728. The average molecular weight is 217 g/mol. The summed E-state index contributed by atoms with van der Waals surface area (Å²) in [5.41, 5.74) is 1.50. The highest BCUT2D eigenvalue weighted by atomic mass is 16.5. The van der Waals surface area contributed by atoms with Gasteiger partial charge in [-0.2, -0.15) is 5.26 Å². The molecular weight excluding hydrogens is 202 g/mol. The van der Waals surface area contributed by atoms with Crippen LogP contribution in [0.3, 0.4) is 0 Å². The molecule has 0 heterocycles. The van der Waals surface area contributed by atoms with Crippen molar-refractivity contribution in [2.75, 3.05) is 6.61 Å². The first-order chi connectivity index (χ1) is 7.72. The summed E-state index contributed by atoms with van der Waals surface area (Å²) in [7, 11) is 0. The number of nitriles is 1. The van der Waals surface area contributed by atoms with Gasteiger partial charge in [0.05, 0.1) is 24.2 Å². The Bertz CT molecular complexity index is 389. The van der Waals surface area contributed by atoms with Crippen LogP contribution in [0.2, 0.25) is 0 Å². The van der Waals surface area contributed by atoms with Gasteiger partial charge in [-0.15, -0.1) is 0 Å². The molecule has 1 aromatic rings. The number of hydrogen-bond acceptors (Lipinski definition) is 3. The Kier molecular flexibility index (Phi) is 4.53. The SMILES string of the molecule is CCOC(=O)C(CC)c1ccc(C#N)cc1. The highest BCUT2D eigenvalue weighted by Crippen LogP contribution is 2.21. The number of rotatable bonds is 4. The molecule has 84 valence electrons. The summed E-state index contributed by atoms with van der Waals surface area (Å²) in [6.45, 7) is 4.13. The van der Waals surface area contributed by atoms with Crippen molar-refractivity contribution in [3.63, 3.8) is 0 Å². The van der Waals surface area contributed by atoms with Gasteiger partial charge in [0.1, 0.15) is 0 Å². The van der Waals surface area contributed by atoms with Crippen molar-refractivity contribution < 1.29 is 9.53 Å². The average Bonchev–Trinajstić information content (AvgIpc) is 2.31. The topological polar surface area (TPSA) is 50.1 Å². The Morgan fingerprint density at radius 3 is 2.44 bits per heavy atom. The molecule has 0 saturated heterocycles. The van der Waals surface area contributed by atoms with E-state index in [4.69, 9.17) is 10.00 Å². The normalized spacial score (nSPS) is 11.6. The zero-order chi connectivity index (χ0) is 12.0. The van der Waals surface area contributed by atoms with Crippen LogP contribution in [-0.2, 0) is 9.53 Å². The molecule has 16 heavy (non-hydrogen) atoms. The van der Waals surface area contributed by atoms with Crippen molar-refractivity contribution in [1.29, 1.82) is 5.26 Å². The molecule has 0 aliphatic rings. The highest BCUT2D eigenvalue weighted by Gasteiger charge is 2.19. The zero-order valence-electron chi connectivity index (χ0n) is 9.56. The molecule has 3 nitrogen and oxygen atoms in total. The lowest BCUT2D eigenvalue weighted by molar-refractivity contribution is -0.145. The second-order valence-corrected chi connectivity index (χ2v) is 3.45. The van der Waals surface area contributed by atoms with Crippen molar-refractivity contribution >= 4 is 5.97 Å². The number of carbonyl (C=O) groups excluding carboxylic acids is 1. The highest BCUT2D eigenvalue weighted by molar-refractivity contribution is 5.78. The van der Waals surface area contributed by atoms with Gasteiger partial charge in [0.2, 0.25) is 0 Å². The minimum Gasteiger partial charge on any atom is -0.466 e. The third-order valence-electron chi connectivity index (χ3n) is 2.42. The van der Waals surface area contributed by atoms with Gasteiger partial charge in [0.25, 0.3) is 0 Å². The number of nitrogens with zero attached hydrogens (tertiary/aromatic N) is 1. The molecule has 3 heteroatoms. The third-order valence-corrected chi connectivity index (χ3v) is 2.42. The number of hydrogen-bond donors (Lipinski definition) is 0. The molecule has 0 aromatic heterocycles. The van der Waals surface area contributed by atoms with Gasteiger partial charge < -0.3 is 4.74 Å². The summed E-state index contributed by atoms with van der Waals surface area (Å²) in [5, 5.41) is 8.68. The van der Waals surface area contributed by atoms with Gasteiger partial charge in [-0.1, -0.05) is 19.1 Å². The smallest absolute Gasteiger partial charge is 0.313 e. The predicted octanol–water partition coefficient (Wildman–Crippen LogP) is 2.61. The Balaban J connectivity index is 2.87. The molecule has 0 spiro atoms. The molecule has 0 fully saturated rings. The molecule has 0 amide bonds. The molecular formula is C13H15NO2. The van der Waals surface area contributed by atoms with Gasteiger partial charge in [0, 0.05) is 0 Å². The van der Waals surface area contributed by atoms with Crippen LogP contribution in [0.25, 0.3) is 0 Å². The van der Waals surface area contributed by atoms with E-state index in [9.17, 15) is 4.79 Å². The second-order valence-electron chi connectivity index (χ2n) is 3.45. The summed E-state index contributed by atoms with van der Waals surface area (Å²) in [6, 6.07) is 9.11. The van der Waals surface area contributed by atoms with Crippen molar-refractivity contribution in [2.24, 2.45) is 0 Å². The number of esters is 1. The molecule has 1 aromatic carbocycles. The molecule has 0 saturated carbocycles. The number of benzene rings is 1. The maximum absolute atomic E-state index is 11.6. The van der Waals surface area contributed by atoms with Crippen LogP contribution in [0.4, 0.5) is 0 Å². The Labute approximate surface area is 95.7 Å².